The molecule has 3 aromatic rings. The predicted molar refractivity (Wildman–Crippen MR) is 76.1 cm³/mol. The maximum atomic E-state index is 12.6. The third-order valence-corrected chi connectivity index (χ3v) is 4.12. The lowest BCUT2D eigenvalue weighted by atomic mass is 10.2. The summed E-state index contributed by atoms with van der Waals surface area (Å²) in [7, 11) is 0. The number of benzene rings is 2. The van der Waals surface area contributed by atoms with Crippen molar-refractivity contribution in [1.29, 1.82) is 0 Å². The largest absolute Gasteiger partial charge is 0.431 e. The van der Waals surface area contributed by atoms with Crippen LogP contribution in [0.4, 0.5) is 13.2 Å². The van der Waals surface area contributed by atoms with E-state index >= 15 is 0 Å². The SMILES string of the molecule is FC(F)(F)c1cccc(Oc2nc3cccc(Cl)c3s2)c1. The van der Waals surface area contributed by atoms with Gasteiger partial charge in [0.1, 0.15) is 5.75 Å². The smallest absolute Gasteiger partial charge is 0.416 e. The van der Waals surface area contributed by atoms with Crippen LogP contribution >= 0.6 is 22.9 Å². The van der Waals surface area contributed by atoms with Gasteiger partial charge in [-0.2, -0.15) is 13.2 Å². The summed E-state index contributed by atoms with van der Waals surface area (Å²) >= 11 is 7.21. The number of thiazole rings is 1. The highest BCUT2D eigenvalue weighted by Crippen LogP contribution is 2.37. The number of halogens is 4. The predicted octanol–water partition coefficient (Wildman–Crippen LogP) is 5.76. The van der Waals surface area contributed by atoms with E-state index in [0.29, 0.717) is 10.5 Å². The zero-order valence-corrected chi connectivity index (χ0v) is 11.9. The Morgan fingerprint density at radius 2 is 1.86 bits per heavy atom. The van der Waals surface area contributed by atoms with E-state index in [2.05, 4.69) is 4.98 Å². The molecule has 0 spiro atoms. The van der Waals surface area contributed by atoms with Gasteiger partial charge in [-0.25, -0.2) is 4.98 Å². The third kappa shape index (κ3) is 2.96. The van der Waals surface area contributed by atoms with Gasteiger partial charge in [-0.3, -0.25) is 0 Å². The summed E-state index contributed by atoms with van der Waals surface area (Å²) in [5.41, 5.74) is -0.117. The average molecular weight is 330 g/mol. The van der Waals surface area contributed by atoms with Crippen LogP contribution in [-0.2, 0) is 6.18 Å². The molecule has 0 radical (unpaired) electrons. The Hall–Kier alpha value is -1.79. The average Bonchev–Trinajstić information content (AvgIpc) is 2.82. The summed E-state index contributed by atoms with van der Waals surface area (Å²) in [6, 6.07) is 9.89. The fraction of sp³-hybridized carbons (Fsp3) is 0.0714. The number of hydrogen-bond donors (Lipinski definition) is 0. The van der Waals surface area contributed by atoms with Crippen molar-refractivity contribution in [3.63, 3.8) is 0 Å². The molecule has 21 heavy (non-hydrogen) atoms. The molecule has 0 aliphatic carbocycles. The highest BCUT2D eigenvalue weighted by Gasteiger charge is 2.30. The molecule has 0 aliphatic heterocycles. The van der Waals surface area contributed by atoms with E-state index in [9.17, 15) is 13.2 Å². The molecule has 108 valence electrons. The van der Waals surface area contributed by atoms with Crippen LogP contribution in [0.1, 0.15) is 5.56 Å². The zero-order valence-electron chi connectivity index (χ0n) is 10.3. The summed E-state index contributed by atoms with van der Waals surface area (Å²) < 4.78 is 44.1. The van der Waals surface area contributed by atoms with E-state index in [-0.39, 0.29) is 10.9 Å². The quantitative estimate of drug-likeness (QED) is 0.596. The fourth-order valence-corrected chi connectivity index (χ4v) is 2.90. The van der Waals surface area contributed by atoms with Crippen LogP contribution in [0.15, 0.2) is 42.5 Å². The molecule has 0 amide bonds. The lowest BCUT2D eigenvalue weighted by Gasteiger charge is -2.08. The van der Waals surface area contributed by atoms with E-state index in [0.717, 1.165) is 16.8 Å². The van der Waals surface area contributed by atoms with Crippen molar-refractivity contribution in [2.75, 3.05) is 0 Å². The normalized spacial score (nSPS) is 11.8. The van der Waals surface area contributed by atoms with Crippen molar-refractivity contribution in [2.45, 2.75) is 6.18 Å². The Labute approximate surface area is 126 Å². The van der Waals surface area contributed by atoms with Gasteiger partial charge < -0.3 is 4.74 Å². The summed E-state index contributed by atoms with van der Waals surface area (Å²) in [4.78, 5) is 4.19. The molecule has 0 atom stereocenters. The van der Waals surface area contributed by atoms with E-state index in [4.69, 9.17) is 16.3 Å². The molecule has 2 aromatic carbocycles. The van der Waals surface area contributed by atoms with Crippen LogP contribution in [0.25, 0.3) is 10.2 Å². The Kier molecular flexibility index (Phi) is 3.51. The van der Waals surface area contributed by atoms with Crippen LogP contribution in [0.5, 0.6) is 10.9 Å². The molecule has 0 saturated heterocycles. The molecule has 1 heterocycles. The monoisotopic (exact) mass is 329 g/mol. The Morgan fingerprint density at radius 3 is 2.57 bits per heavy atom. The van der Waals surface area contributed by atoms with Crippen molar-refractivity contribution >= 4 is 33.2 Å². The number of nitrogens with zero attached hydrogens (tertiary/aromatic N) is 1. The van der Waals surface area contributed by atoms with Crippen LogP contribution in [0, 0.1) is 0 Å². The van der Waals surface area contributed by atoms with E-state index in [1.54, 1.807) is 18.2 Å². The third-order valence-electron chi connectivity index (χ3n) is 2.71. The van der Waals surface area contributed by atoms with Gasteiger partial charge in [0.25, 0.3) is 5.19 Å². The first kappa shape index (κ1) is 14.2. The lowest BCUT2D eigenvalue weighted by Crippen LogP contribution is -2.04. The van der Waals surface area contributed by atoms with E-state index in [1.165, 1.54) is 23.5 Å². The molecule has 0 N–H and O–H groups in total. The Bertz CT molecular complexity index is 800. The van der Waals surface area contributed by atoms with Crippen LogP contribution < -0.4 is 4.74 Å². The van der Waals surface area contributed by atoms with Crippen LogP contribution in [-0.4, -0.2) is 4.98 Å². The number of alkyl halides is 3. The molecule has 0 aliphatic rings. The van der Waals surface area contributed by atoms with Crippen molar-refractivity contribution in [2.24, 2.45) is 0 Å². The van der Waals surface area contributed by atoms with Gasteiger partial charge in [0.15, 0.2) is 0 Å². The minimum absolute atomic E-state index is 0.0833. The number of hydrogen-bond acceptors (Lipinski definition) is 3. The summed E-state index contributed by atoms with van der Waals surface area (Å²) in [5.74, 6) is 0.0833. The molecular formula is C14H7ClF3NOS. The second kappa shape index (κ2) is 5.20. The van der Waals surface area contributed by atoms with Gasteiger partial charge >= 0.3 is 6.18 Å². The molecular weight excluding hydrogens is 323 g/mol. The van der Waals surface area contributed by atoms with Gasteiger partial charge in [-0.1, -0.05) is 35.1 Å². The Morgan fingerprint density at radius 1 is 1.10 bits per heavy atom. The van der Waals surface area contributed by atoms with Crippen LogP contribution in [0.2, 0.25) is 5.02 Å². The number of rotatable bonds is 2. The van der Waals surface area contributed by atoms with Crippen molar-refractivity contribution in [1.82, 2.24) is 4.98 Å². The number of fused-ring (bicyclic) bond motifs is 1. The van der Waals surface area contributed by atoms with Gasteiger partial charge in [0, 0.05) is 0 Å². The van der Waals surface area contributed by atoms with Gasteiger partial charge in [-0.15, -0.1) is 0 Å². The van der Waals surface area contributed by atoms with E-state index < -0.39 is 11.7 Å². The fourth-order valence-electron chi connectivity index (χ4n) is 1.78. The number of aromatic nitrogens is 1. The summed E-state index contributed by atoms with van der Waals surface area (Å²) in [6.45, 7) is 0. The summed E-state index contributed by atoms with van der Waals surface area (Å²) in [5, 5.41) is 0.779. The topological polar surface area (TPSA) is 22.1 Å². The van der Waals surface area contributed by atoms with Gasteiger partial charge in [0.05, 0.1) is 20.8 Å². The van der Waals surface area contributed by atoms with Gasteiger partial charge in [-0.05, 0) is 30.3 Å². The second-order valence-electron chi connectivity index (χ2n) is 4.20. The molecule has 7 heteroatoms. The second-order valence-corrected chi connectivity index (χ2v) is 5.56. The van der Waals surface area contributed by atoms with Gasteiger partial charge in [0.2, 0.25) is 0 Å². The molecule has 2 nitrogen and oxygen atoms in total. The maximum absolute atomic E-state index is 12.6. The minimum atomic E-state index is -4.41. The molecule has 3 rings (SSSR count). The molecule has 0 unspecified atom stereocenters. The first-order chi connectivity index (χ1) is 9.93. The van der Waals surface area contributed by atoms with Crippen molar-refractivity contribution < 1.29 is 17.9 Å². The zero-order chi connectivity index (χ0) is 15.0. The standard InChI is InChI=1S/C14H7ClF3NOS/c15-10-5-2-6-11-12(10)21-13(19-11)20-9-4-1-3-8(7-9)14(16,17)18/h1-7H. The molecule has 0 bridgehead atoms. The Balaban J connectivity index is 1.93. The first-order valence-corrected chi connectivity index (χ1v) is 7.03. The van der Waals surface area contributed by atoms with Crippen molar-refractivity contribution in [3.8, 4) is 10.9 Å². The molecule has 0 fully saturated rings. The summed E-state index contributed by atoms with van der Waals surface area (Å²) in [6.07, 6.45) is -4.41. The van der Waals surface area contributed by atoms with Crippen molar-refractivity contribution in [3.05, 3.63) is 53.1 Å². The highest BCUT2D eigenvalue weighted by molar-refractivity contribution is 7.20. The molecule has 1 aromatic heterocycles. The van der Waals surface area contributed by atoms with E-state index in [1.807, 2.05) is 0 Å². The lowest BCUT2D eigenvalue weighted by molar-refractivity contribution is -0.137. The molecule has 0 saturated carbocycles. The number of ether oxygens (including phenoxy) is 1. The highest BCUT2D eigenvalue weighted by atomic mass is 35.5. The minimum Gasteiger partial charge on any atom is -0.431 e. The maximum Gasteiger partial charge on any atom is 0.416 e. The van der Waals surface area contributed by atoms with Crippen LogP contribution in [0.3, 0.4) is 0 Å². The first-order valence-electron chi connectivity index (χ1n) is 5.84.